The maximum absolute atomic E-state index is 3.49. The lowest BCUT2D eigenvalue weighted by atomic mass is 10.2. The summed E-state index contributed by atoms with van der Waals surface area (Å²) in [7, 11) is 1.95. The third kappa shape index (κ3) is 2.72. The average Bonchev–Trinajstić information content (AvgIpc) is 1.98. The molecule has 60 valence electrons. The molecule has 1 N–H and O–H groups in total. The van der Waals surface area contributed by atoms with E-state index in [4.69, 9.17) is 0 Å². The molecule has 1 nitrogen and oxygen atoms in total. The summed E-state index contributed by atoms with van der Waals surface area (Å²) in [5.41, 5.74) is 1.31. The van der Waals surface area contributed by atoms with E-state index >= 15 is 0 Å². The van der Waals surface area contributed by atoms with E-state index in [1.54, 1.807) is 0 Å². The Balaban J connectivity index is 2.93. The van der Waals surface area contributed by atoms with Crippen molar-refractivity contribution in [2.75, 3.05) is 7.05 Å². The molecule has 1 aromatic rings. The number of rotatable bonds is 2. The van der Waals surface area contributed by atoms with E-state index in [2.05, 4.69) is 62.0 Å². The van der Waals surface area contributed by atoms with Gasteiger partial charge < -0.3 is 5.32 Å². The van der Waals surface area contributed by atoms with Crippen molar-refractivity contribution in [2.24, 2.45) is 0 Å². The summed E-state index contributed by atoms with van der Waals surface area (Å²) < 4.78 is 2.45. The highest BCUT2D eigenvalue weighted by Crippen LogP contribution is 2.18. The molecule has 1 rings (SSSR count). The molecule has 0 saturated carbocycles. The standard InChI is InChI=1S/C8H9BrIN/c1-11-5-6-4-7(10)2-3-8(6)9/h2-4,11H,5H2,1H3. The van der Waals surface area contributed by atoms with Crippen LogP contribution in [0, 0.1) is 3.57 Å². The Hall–Kier alpha value is 0.390. The van der Waals surface area contributed by atoms with E-state index in [-0.39, 0.29) is 0 Å². The lowest BCUT2D eigenvalue weighted by Crippen LogP contribution is -2.05. The molecule has 0 atom stereocenters. The summed E-state index contributed by atoms with van der Waals surface area (Å²) in [6.45, 7) is 0.914. The molecular formula is C8H9BrIN. The van der Waals surface area contributed by atoms with Crippen LogP contribution in [0.2, 0.25) is 0 Å². The van der Waals surface area contributed by atoms with Crippen LogP contribution in [0.5, 0.6) is 0 Å². The highest BCUT2D eigenvalue weighted by atomic mass is 127. The molecule has 0 saturated heterocycles. The van der Waals surface area contributed by atoms with Gasteiger partial charge in [-0.05, 0) is 53.4 Å². The molecule has 0 spiro atoms. The van der Waals surface area contributed by atoms with E-state index < -0.39 is 0 Å². The van der Waals surface area contributed by atoms with Crippen LogP contribution in [-0.2, 0) is 6.54 Å². The largest absolute Gasteiger partial charge is 0.316 e. The van der Waals surface area contributed by atoms with Gasteiger partial charge in [0.25, 0.3) is 0 Å². The normalized spacial score (nSPS) is 10.1. The van der Waals surface area contributed by atoms with Crippen LogP contribution in [0.15, 0.2) is 22.7 Å². The Morgan fingerprint density at radius 3 is 2.91 bits per heavy atom. The number of nitrogens with one attached hydrogen (secondary N) is 1. The summed E-state index contributed by atoms with van der Waals surface area (Å²) in [6, 6.07) is 6.33. The van der Waals surface area contributed by atoms with Crippen molar-refractivity contribution < 1.29 is 0 Å². The molecule has 0 unspecified atom stereocenters. The van der Waals surface area contributed by atoms with Gasteiger partial charge in [-0.1, -0.05) is 15.9 Å². The fourth-order valence-electron chi connectivity index (χ4n) is 0.869. The average molecular weight is 326 g/mol. The Kier molecular flexibility index (Phi) is 3.81. The SMILES string of the molecule is CNCc1cc(I)ccc1Br. The van der Waals surface area contributed by atoms with E-state index in [0.29, 0.717) is 0 Å². The Morgan fingerprint density at radius 2 is 2.27 bits per heavy atom. The van der Waals surface area contributed by atoms with E-state index in [9.17, 15) is 0 Å². The molecule has 1 aromatic carbocycles. The molecule has 0 heterocycles. The van der Waals surface area contributed by atoms with Crippen LogP contribution >= 0.6 is 38.5 Å². The first-order valence-electron chi connectivity index (χ1n) is 3.32. The van der Waals surface area contributed by atoms with Crippen LogP contribution in [-0.4, -0.2) is 7.05 Å². The molecule has 0 bridgehead atoms. The molecule has 0 aromatic heterocycles. The molecule has 0 aliphatic carbocycles. The van der Waals surface area contributed by atoms with Crippen LogP contribution in [0.3, 0.4) is 0 Å². The predicted octanol–water partition coefficient (Wildman–Crippen LogP) is 2.77. The zero-order chi connectivity index (χ0) is 8.27. The molecule has 0 fully saturated rings. The summed E-state index contributed by atoms with van der Waals surface area (Å²) in [4.78, 5) is 0. The topological polar surface area (TPSA) is 12.0 Å². The summed E-state index contributed by atoms with van der Waals surface area (Å²) in [6.07, 6.45) is 0. The second kappa shape index (κ2) is 4.42. The molecular weight excluding hydrogens is 317 g/mol. The van der Waals surface area contributed by atoms with Gasteiger partial charge in [-0.2, -0.15) is 0 Å². The van der Waals surface area contributed by atoms with E-state index in [1.807, 2.05) is 7.05 Å². The Labute approximate surface area is 88.8 Å². The molecule has 11 heavy (non-hydrogen) atoms. The van der Waals surface area contributed by atoms with E-state index in [0.717, 1.165) is 6.54 Å². The second-order valence-electron chi connectivity index (χ2n) is 2.27. The zero-order valence-corrected chi connectivity index (χ0v) is 9.94. The lowest BCUT2D eigenvalue weighted by molar-refractivity contribution is 0.814. The zero-order valence-electron chi connectivity index (χ0n) is 6.20. The van der Waals surface area contributed by atoms with Gasteiger partial charge in [0.05, 0.1) is 0 Å². The summed E-state index contributed by atoms with van der Waals surface area (Å²) in [5, 5.41) is 3.12. The van der Waals surface area contributed by atoms with Crippen molar-refractivity contribution in [2.45, 2.75) is 6.54 Å². The first kappa shape index (κ1) is 9.48. The number of hydrogen-bond acceptors (Lipinski definition) is 1. The third-order valence-corrected chi connectivity index (χ3v) is 2.82. The number of hydrogen-bond donors (Lipinski definition) is 1. The number of halogens is 2. The van der Waals surface area contributed by atoms with Crippen molar-refractivity contribution in [1.29, 1.82) is 0 Å². The minimum atomic E-state index is 0.914. The second-order valence-corrected chi connectivity index (χ2v) is 4.37. The van der Waals surface area contributed by atoms with Crippen molar-refractivity contribution >= 4 is 38.5 Å². The van der Waals surface area contributed by atoms with Gasteiger partial charge in [0.15, 0.2) is 0 Å². The van der Waals surface area contributed by atoms with Crippen LogP contribution in [0.1, 0.15) is 5.56 Å². The van der Waals surface area contributed by atoms with Crippen LogP contribution in [0.25, 0.3) is 0 Å². The summed E-state index contributed by atoms with van der Waals surface area (Å²) >= 11 is 5.80. The molecule has 3 heteroatoms. The monoisotopic (exact) mass is 325 g/mol. The molecule has 0 aliphatic heterocycles. The van der Waals surface area contributed by atoms with Crippen molar-refractivity contribution in [3.63, 3.8) is 0 Å². The highest BCUT2D eigenvalue weighted by molar-refractivity contribution is 14.1. The van der Waals surface area contributed by atoms with Crippen molar-refractivity contribution in [3.8, 4) is 0 Å². The maximum Gasteiger partial charge on any atom is 0.0220 e. The predicted molar refractivity (Wildman–Crippen MR) is 59.6 cm³/mol. The molecule has 0 amide bonds. The van der Waals surface area contributed by atoms with Gasteiger partial charge in [-0.25, -0.2) is 0 Å². The van der Waals surface area contributed by atoms with E-state index in [1.165, 1.54) is 13.6 Å². The van der Waals surface area contributed by atoms with Crippen LogP contribution < -0.4 is 5.32 Å². The molecule has 0 radical (unpaired) electrons. The van der Waals surface area contributed by atoms with Crippen molar-refractivity contribution in [1.82, 2.24) is 5.32 Å². The molecule has 0 aliphatic rings. The quantitative estimate of drug-likeness (QED) is 0.824. The first-order valence-corrected chi connectivity index (χ1v) is 5.19. The van der Waals surface area contributed by atoms with Crippen LogP contribution in [0.4, 0.5) is 0 Å². The van der Waals surface area contributed by atoms with Crippen molar-refractivity contribution in [3.05, 3.63) is 31.8 Å². The van der Waals surface area contributed by atoms with Gasteiger partial charge in [0, 0.05) is 14.6 Å². The van der Waals surface area contributed by atoms with Gasteiger partial charge in [-0.3, -0.25) is 0 Å². The van der Waals surface area contributed by atoms with Gasteiger partial charge >= 0.3 is 0 Å². The van der Waals surface area contributed by atoms with Gasteiger partial charge in [-0.15, -0.1) is 0 Å². The fourth-order valence-corrected chi connectivity index (χ4v) is 1.81. The Morgan fingerprint density at radius 1 is 1.55 bits per heavy atom. The lowest BCUT2D eigenvalue weighted by Gasteiger charge is -2.03. The van der Waals surface area contributed by atoms with Gasteiger partial charge in [0.2, 0.25) is 0 Å². The minimum Gasteiger partial charge on any atom is -0.316 e. The fraction of sp³-hybridized carbons (Fsp3) is 0.250. The smallest absolute Gasteiger partial charge is 0.0220 e. The highest BCUT2D eigenvalue weighted by Gasteiger charge is 1.97. The number of benzene rings is 1. The third-order valence-electron chi connectivity index (χ3n) is 1.37. The minimum absolute atomic E-state index is 0.914. The summed E-state index contributed by atoms with van der Waals surface area (Å²) in [5.74, 6) is 0. The first-order chi connectivity index (χ1) is 5.24. The van der Waals surface area contributed by atoms with Gasteiger partial charge in [0.1, 0.15) is 0 Å². The Bertz CT molecular complexity index is 250. The maximum atomic E-state index is 3.49.